The van der Waals surface area contributed by atoms with Gasteiger partial charge in [0.05, 0.1) is 5.56 Å². The zero-order valence-corrected chi connectivity index (χ0v) is 20.0. The number of hydrogen-bond donors (Lipinski definition) is 6. The van der Waals surface area contributed by atoms with Crippen molar-refractivity contribution >= 4 is 28.9 Å². The second-order valence-electron chi connectivity index (χ2n) is 9.56. The van der Waals surface area contributed by atoms with E-state index < -0.39 is 52.0 Å². The van der Waals surface area contributed by atoms with Gasteiger partial charge in [-0.15, -0.1) is 5.11 Å². The Morgan fingerprint density at radius 3 is 2.56 bits per heavy atom. The van der Waals surface area contributed by atoms with Crippen LogP contribution in [0.3, 0.4) is 0 Å². The number of amides is 1. The van der Waals surface area contributed by atoms with Gasteiger partial charge in [0, 0.05) is 24.3 Å². The van der Waals surface area contributed by atoms with Gasteiger partial charge in [-0.1, -0.05) is 0 Å². The highest BCUT2D eigenvalue weighted by Gasteiger charge is 2.60. The first-order valence-electron chi connectivity index (χ1n) is 11.6. The number of azo groups is 1. The topological polar surface area (TPSA) is 184 Å². The molecule has 5 rings (SSSR count). The molecule has 190 valence electrons. The molecule has 7 N–H and O–H groups in total. The SMILES string of the molecule is NC(=O)C1=C(O)[C@@]2(O)C(=O)C3=C(O)c4c(O)ccc(N=[NH+]C5=CCCCC5)c4C[C@H]3C[C@H]2CC1=O.[Cl-]. The van der Waals surface area contributed by atoms with Gasteiger partial charge in [-0.05, 0) is 66.9 Å². The van der Waals surface area contributed by atoms with E-state index in [0.29, 0.717) is 11.3 Å². The van der Waals surface area contributed by atoms with E-state index in [0.717, 1.165) is 31.4 Å². The van der Waals surface area contributed by atoms with Crippen molar-refractivity contribution in [3.05, 3.63) is 51.9 Å². The minimum atomic E-state index is -2.57. The molecule has 1 saturated carbocycles. The number of phenolic OH excluding ortho intramolecular Hbond substituents is 1. The minimum absolute atomic E-state index is 0. The number of aliphatic hydroxyl groups excluding tert-OH is 2. The van der Waals surface area contributed by atoms with E-state index in [4.69, 9.17) is 5.73 Å². The molecule has 0 radical (unpaired) electrons. The fourth-order valence-electron chi connectivity index (χ4n) is 5.78. The van der Waals surface area contributed by atoms with Crippen LogP contribution in [0.15, 0.2) is 45.9 Å². The van der Waals surface area contributed by atoms with Crippen LogP contribution in [0.1, 0.15) is 49.7 Å². The summed E-state index contributed by atoms with van der Waals surface area (Å²) in [5, 5.41) is 51.1. The van der Waals surface area contributed by atoms with Gasteiger partial charge in [0.15, 0.2) is 11.4 Å². The molecule has 0 aliphatic heterocycles. The maximum absolute atomic E-state index is 13.5. The van der Waals surface area contributed by atoms with Gasteiger partial charge in [-0.3, -0.25) is 14.4 Å². The van der Waals surface area contributed by atoms with Crippen molar-refractivity contribution in [2.24, 2.45) is 22.7 Å². The fourth-order valence-corrected chi connectivity index (χ4v) is 5.78. The molecule has 0 aromatic heterocycles. The molecule has 36 heavy (non-hydrogen) atoms. The molecule has 10 nitrogen and oxygen atoms in total. The maximum Gasteiger partial charge on any atom is 0.255 e. The molecule has 0 bridgehead atoms. The highest BCUT2D eigenvalue weighted by Crippen LogP contribution is 2.52. The van der Waals surface area contributed by atoms with Crippen LogP contribution in [0.2, 0.25) is 0 Å². The number of nitrogens with two attached hydrogens (primary N) is 1. The van der Waals surface area contributed by atoms with Crippen molar-refractivity contribution < 1.29 is 52.3 Å². The van der Waals surface area contributed by atoms with Gasteiger partial charge in [0.1, 0.15) is 28.5 Å². The Morgan fingerprint density at radius 2 is 1.89 bits per heavy atom. The summed E-state index contributed by atoms with van der Waals surface area (Å²) in [6.07, 6.45) is 6.03. The van der Waals surface area contributed by atoms with Crippen molar-refractivity contribution in [3.8, 4) is 5.75 Å². The van der Waals surface area contributed by atoms with Gasteiger partial charge in [0.25, 0.3) is 5.91 Å². The lowest BCUT2D eigenvalue weighted by Crippen LogP contribution is -3.00. The van der Waals surface area contributed by atoms with Gasteiger partial charge < -0.3 is 38.6 Å². The molecule has 4 aliphatic rings. The van der Waals surface area contributed by atoms with Crippen LogP contribution in [0.4, 0.5) is 5.69 Å². The largest absolute Gasteiger partial charge is 1.00 e. The van der Waals surface area contributed by atoms with E-state index >= 15 is 0 Å². The first kappa shape index (κ1) is 25.6. The Labute approximate surface area is 212 Å². The van der Waals surface area contributed by atoms with Gasteiger partial charge in [0.2, 0.25) is 11.5 Å². The van der Waals surface area contributed by atoms with Crippen molar-refractivity contribution in [2.75, 3.05) is 0 Å². The number of Topliss-reactive ketones (excluding diaryl/α,β-unsaturated/α-hetero) is 2. The maximum atomic E-state index is 13.5. The monoisotopic (exact) mass is 515 g/mol. The lowest BCUT2D eigenvalue weighted by atomic mass is 9.59. The van der Waals surface area contributed by atoms with Crippen molar-refractivity contribution in [2.45, 2.75) is 50.5 Å². The number of hydrogen-bond acceptors (Lipinski definition) is 8. The van der Waals surface area contributed by atoms with Gasteiger partial charge in [-0.2, -0.15) is 0 Å². The predicted octanol–water partition coefficient (Wildman–Crippen LogP) is -1.95. The Balaban J connectivity index is 0.00000304. The molecule has 0 unspecified atom stereocenters. The fraction of sp³-hybridized carbons (Fsp3) is 0.400. The summed E-state index contributed by atoms with van der Waals surface area (Å²) in [7, 11) is 0. The molecular weight excluding hydrogens is 490 g/mol. The van der Waals surface area contributed by atoms with Crippen LogP contribution in [-0.2, 0) is 20.8 Å². The summed E-state index contributed by atoms with van der Waals surface area (Å²) >= 11 is 0. The summed E-state index contributed by atoms with van der Waals surface area (Å²) in [6.45, 7) is 0. The smallest absolute Gasteiger partial charge is 0.255 e. The molecule has 1 amide bonds. The molecule has 0 saturated heterocycles. The lowest BCUT2D eigenvalue weighted by molar-refractivity contribution is -0.476. The molecule has 1 aromatic rings. The Kier molecular flexibility index (Phi) is 6.52. The third-order valence-electron chi connectivity index (χ3n) is 7.53. The van der Waals surface area contributed by atoms with E-state index in [1.54, 1.807) is 6.07 Å². The van der Waals surface area contributed by atoms with E-state index in [2.05, 4.69) is 16.3 Å². The van der Waals surface area contributed by atoms with E-state index in [-0.39, 0.29) is 48.6 Å². The number of aromatic hydroxyl groups is 1. The Hall–Kier alpha value is -3.50. The van der Waals surface area contributed by atoms with Crippen LogP contribution in [-0.4, -0.2) is 43.5 Å². The summed E-state index contributed by atoms with van der Waals surface area (Å²) in [4.78, 5) is 37.7. The highest BCUT2D eigenvalue weighted by atomic mass is 35.5. The van der Waals surface area contributed by atoms with Gasteiger partial charge in [-0.25, -0.2) is 0 Å². The van der Waals surface area contributed by atoms with Crippen LogP contribution in [0.25, 0.3) is 5.76 Å². The van der Waals surface area contributed by atoms with Gasteiger partial charge >= 0.3 is 0 Å². The number of rotatable bonds is 3. The summed E-state index contributed by atoms with van der Waals surface area (Å²) < 4.78 is 0. The number of fused-ring (bicyclic) bond motifs is 3. The number of halogens is 1. The summed E-state index contributed by atoms with van der Waals surface area (Å²) in [6, 6.07) is 2.97. The molecule has 1 aromatic carbocycles. The quantitative estimate of drug-likeness (QED) is 0.199. The predicted molar refractivity (Wildman–Crippen MR) is 121 cm³/mol. The molecule has 4 aliphatic carbocycles. The second-order valence-corrected chi connectivity index (χ2v) is 9.56. The van der Waals surface area contributed by atoms with Crippen molar-refractivity contribution in [1.29, 1.82) is 0 Å². The standard InChI is InChI=1S/C25H25N3O7.ClH/c26-24(34)20-17(30)10-12-8-11-9-14-15(28-27-13-4-2-1-3-5-13)6-7-16(29)19(14)21(31)18(11)22(32)25(12,35)23(20)33;/h4,6-7,11-12,29,31,33,35H,1-3,5,8-10H2,(H2,26,34);1H/t11-,12+,25+;/m1./s1. The number of primary amides is 1. The minimum Gasteiger partial charge on any atom is -1.00 e. The normalized spacial score (nSPS) is 27.8. The number of aliphatic hydroxyl groups is 3. The number of nitrogens with one attached hydrogen (secondary N) is 1. The number of carbonyl (C=O) groups is 3. The average molecular weight is 516 g/mol. The van der Waals surface area contributed by atoms with E-state index in [1.165, 1.54) is 6.07 Å². The summed E-state index contributed by atoms with van der Waals surface area (Å²) in [5.41, 5.74) is 3.68. The third kappa shape index (κ3) is 3.72. The number of benzene rings is 1. The van der Waals surface area contributed by atoms with Crippen LogP contribution < -0.4 is 23.3 Å². The van der Waals surface area contributed by atoms with Crippen LogP contribution >= 0.6 is 0 Å². The third-order valence-corrected chi connectivity index (χ3v) is 7.53. The molecule has 0 spiro atoms. The van der Waals surface area contributed by atoms with Crippen LogP contribution in [0.5, 0.6) is 5.75 Å². The number of phenols is 1. The van der Waals surface area contributed by atoms with Crippen molar-refractivity contribution in [3.63, 3.8) is 0 Å². The lowest BCUT2D eigenvalue weighted by Gasteiger charge is -2.46. The molecular formula is C25H26ClN3O7. The Morgan fingerprint density at radius 1 is 1.14 bits per heavy atom. The van der Waals surface area contributed by atoms with Crippen molar-refractivity contribution in [1.82, 2.24) is 0 Å². The van der Waals surface area contributed by atoms with E-state index in [9.17, 15) is 34.8 Å². The molecule has 11 heteroatoms. The number of allylic oxidation sites excluding steroid dienone is 2. The first-order valence-corrected chi connectivity index (χ1v) is 11.6. The van der Waals surface area contributed by atoms with E-state index in [1.807, 2.05) is 0 Å². The Bertz CT molecular complexity index is 1310. The summed E-state index contributed by atoms with van der Waals surface area (Å²) in [5.74, 6) is -6.48. The molecule has 0 heterocycles. The first-order chi connectivity index (χ1) is 16.6. The molecule has 3 atom stereocenters. The highest BCUT2D eigenvalue weighted by molar-refractivity contribution is 6.22. The zero-order valence-electron chi connectivity index (χ0n) is 19.3. The number of nitrogens with zero attached hydrogens (tertiary/aromatic N) is 1. The average Bonchev–Trinajstić information content (AvgIpc) is 2.81. The number of carbonyl (C=O) groups excluding carboxylic acids is 3. The number of ketones is 2. The van der Waals surface area contributed by atoms with Crippen LogP contribution in [0, 0.1) is 11.8 Å². The second kappa shape index (κ2) is 9.18. The molecule has 1 fully saturated rings. The zero-order chi connectivity index (χ0) is 25.1.